The average molecular weight is 264 g/mol. The van der Waals surface area contributed by atoms with Crippen LogP contribution in [0.2, 0.25) is 0 Å². The first-order chi connectivity index (χ1) is 8.45. The van der Waals surface area contributed by atoms with Crippen LogP contribution >= 0.6 is 11.8 Å². The van der Waals surface area contributed by atoms with Gasteiger partial charge in [0.1, 0.15) is 0 Å². The van der Waals surface area contributed by atoms with Gasteiger partial charge in [-0.05, 0) is 38.5 Å². The van der Waals surface area contributed by atoms with Gasteiger partial charge in [-0.2, -0.15) is 0 Å². The number of carbonyl (C=O) groups is 1. The average Bonchev–Trinajstić information content (AvgIpc) is 2.29. The van der Waals surface area contributed by atoms with Crippen molar-refractivity contribution in [3.63, 3.8) is 0 Å². The molecule has 18 heavy (non-hydrogen) atoms. The summed E-state index contributed by atoms with van der Waals surface area (Å²) in [6.07, 6.45) is 2.11. The van der Waals surface area contributed by atoms with Crippen molar-refractivity contribution in [1.29, 1.82) is 0 Å². The molecule has 0 aliphatic carbocycles. The van der Waals surface area contributed by atoms with E-state index in [0.29, 0.717) is 0 Å². The molecule has 1 amide bonds. The minimum atomic E-state index is -0.408. The summed E-state index contributed by atoms with van der Waals surface area (Å²) in [6.45, 7) is 6.88. The summed E-state index contributed by atoms with van der Waals surface area (Å²) in [5.74, 6) is 0.193. The van der Waals surface area contributed by atoms with Crippen molar-refractivity contribution in [2.75, 3.05) is 17.2 Å². The first-order valence-corrected chi connectivity index (χ1v) is 7.18. The van der Waals surface area contributed by atoms with Crippen molar-refractivity contribution in [2.45, 2.75) is 43.3 Å². The van der Waals surface area contributed by atoms with Gasteiger partial charge in [0.05, 0.1) is 10.4 Å². The van der Waals surface area contributed by atoms with E-state index in [-0.39, 0.29) is 5.91 Å². The highest BCUT2D eigenvalue weighted by molar-refractivity contribution is 8.01. The molecule has 0 aromatic heterocycles. The van der Waals surface area contributed by atoms with Crippen LogP contribution in [0, 0.1) is 0 Å². The molecule has 2 rings (SSSR count). The molecule has 3 nitrogen and oxygen atoms in total. The number of carbonyl (C=O) groups excluding carboxylic acids is 1. The van der Waals surface area contributed by atoms with E-state index < -0.39 is 4.75 Å². The molecule has 0 saturated carbocycles. The van der Waals surface area contributed by atoms with Crippen LogP contribution in [0.5, 0.6) is 0 Å². The molecule has 1 aliphatic rings. The number of benzene rings is 1. The Morgan fingerprint density at radius 1 is 1.39 bits per heavy atom. The lowest BCUT2D eigenvalue weighted by Crippen LogP contribution is -2.46. The maximum absolute atomic E-state index is 12.5. The van der Waals surface area contributed by atoms with Crippen LogP contribution in [0.3, 0.4) is 0 Å². The van der Waals surface area contributed by atoms with Crippen molar-refractivity contribution >= 4 is 29.0 Å². The Morgan fingerprint density at radius 3 is 2.78 bits per heavy atom. The van der Waals surface area contributed by atoms with Gasteiger partial charge in [-0.15, -0.1) is 11.8 Å². The molecule has 0 saturated heterocycles. The van der Waals surface area contributed by atoms with Crippen LogP contribution in [0.1, 0.15) is 33.6 Å². The lowest BCUT2D eigenvalue weighted by atomic mass is 10.1. The second-order valence-electron chi connectivity index (χ2n) is 5.15. The summed E-state index contributed by atoms with van der Waals surface area (Å²) < 4.78 is -0.408. The van der Waals surface area contributed by atoms with Gasteiger partial charge in [0.15, 0.2) is 0 Å². The van der Waals surface area contributed by atoms with Crippen LogP contribution < -0.4 is 10.6 Å². The van der Waals surface area contributed by atoms with Crippen LogP contribution in [0.15, 0.2) is 23.1 Å². The Labute approximate surface area is 113 Å². The molecule has 0 bridgehead atoms. The molecule has 0 unspecified atom stereocenters. The molecule has 1 aliphatic heterocycles. The second kappa shape index (κ2) is 4.84. The fourth-order valence-electron chi connectivity index (χ4n) is 2.13. The second-order valence-corrected chi connectivity index (χ2v) is 6.81. The highest BCUT2D eigenvalue weighted by Gasteiger charge is 2.39. The molecular weight excluding hydrogens is 244 g/mol. The molecule has 0 atom stereocenters. The Kier molecular flexibility index (Phi) is 3.57. The summed E-state index contributed by atoms with van der Waals surface area (Å²) in [4.78, 5) is 15.5. The zero-order valence-corrected chi connectivity index (χ0v) is 12.0. The summed E-state index contributed by atoms with van der Waals surface area (Å²) in [6, 6.07) is 5.79. The number of anilines is 2. The molecule has 4 heteroatoms. The quantitative estimate of drug-likeness (QED) is 0.852. The van der Waals surface area contributed by atoms with E-state index >= 15 is 0 Å². The number of rotatable bonds is 3. The van der Waals surface area contributed by atoms with Gasteiger partial charge in [-0.25, -0.2) is 0 Å². The van der Waals surface area contributed by atoms with Gasteiger partial charge in [0.25, 0.3) is 0 Å². The summed E-state index contributed by atoms with van der Waals surface area (Å²) in [5.41, 5.74) is 7.59. The highest BCUT2D eigenvalue weighted by atomic mass is 32.2. The van der Waals surface area contributed by atoms with Crippen molar-refractivity contribution in [2.24, 2.45) is 0 Å². The normalized spacial score (nSPS) is 17.7. The van der Waals surface area contributed by atoms with Gasteiger partial charge in [-0.3, -0.25) is 4.79 Å². The van der Waals surface area contributed by atoms with Crippen molar-refractivity contribution < 1.29 is 4.79 Å². The first-order valence-electron chi connectivity index (χ1n) is 6.36. The topological polar surface area (TPSA) is 46.3 Å². The third-order valence-corrected chi connectivity index (χ3v) is 4.37. The van der Waals surface area contributed by atoms with Gasteiger partial charge in [-0.1, -0.05) is 13.3 Å². The highest BCUT2D eigenvalue weighted by Crippen LogP contribution is 2.45. The molecule has 0 radical (unpaired) electrons. The van der Waals surface area contributed by atoms with Gasteiger partial charge < -0.3 is 10.6 Å². The van der Waals surface area contributed by atoms with Crippen LogP contribution in [-0.4, -0.2) is 17.2 Å². The van der Waals surface area contributed by atoms with Crippen molar-refractivity contribution in [1.82, 2.24) is 0 Å². The number of thioether (sulfide) groups is 1. The van der Waals surface area contributed by atoms with Crippen LogP contribution in [0.25, 0.3) is 0 Å². The molecular formula is C14H20N2OS. The minimum absolute atomic E-state index is 0.193. The van der Waals surface area contributed by atoms with E-state index in [0.717, 1.165) is 35.7 Å². The Hall–Kier alpha value is -1.16. The number of nitrogen functional groups attached to an aromatic ring is 1. The Bertz CT molecular complexity index is 471. The monoisotopic (exact) mass is 264 g/mol. The number of amides is 1. The summed E-state index contributed by atoms with van der Waals surface area (Å²) >= 11 is 1.60. The Balaban J connectivity index is 2.42. The predicted molar refractivity (Wildman–Crippen MR) is 78.1 cm³/mol. The van der Waals surface area contributed by atoms with E-state index in [9.17, 15) is 4.79 Å². The third-order valence-electron chi connectivity index (χ3n) is 3.14. The third kappa shape index (κ3) is 2.34. The molecule has 0 spiro atoms. The molecule has 1 aromatic carbocycles. The number of hydrogen-bond donors (Lipinski definition) is 1. The maximum atomic E-state index is 12.5. The largest absolute Gasteiger partial charge is 0.399 e. The van der Waals surface area contributed by atoms with E-state index in [2.05, 4.69) is 6.92 Å². The van der Waals surface area contributed by atoms with Gasteiger partial charge >= 0.3 is 0 Å². The lowest BCUT2D eigenvalue weighted by Gasteiger charge is -2.38. The molecule has 1 heterocycles. The SMILES string of the molecule is CCCCN1C(=O)C(C)(C)Sc2cc(N)ccc21. The lowest BCUT2D eigenvalue weighted by molar-refractivity contribution is -0.120. The predicted octanol–water partition coefficient (Wildman–Crippen LogP) is 3.29. The minimum Gasteiger partial charge on any atom is -0.399 e. The van der Waals surface area contributed by atoms with Gasteiger partial charge in [0, 0.05) is 17.1 Å². The number of nitrogens with two attached hydrogens (primary N) is 1. The molecule has 2 N–H and O–H groups in total. The smallest absolute Gasteiger partial charge is 0.243 e. The fourth-order valence-corrected chi connectivity index (χ4v) is 3.35. The van der Waals surface area contributed by atoms with Gasteiger partial charge in [0.2, 0.25) is 5.91 Å². The van der Waals surface area contributed by atoms with E-state index in [4.69, 9.17) is 5.73 Å². The Morgan fingerprint density at radius 2 is 2.11 bits per heavy atom. The number of fused-ring (bicyclic) bond motifs is 1. The zero-order valence-electron chi connectivity index (χ0n) is 11.2. The maximum Gasteiger partial charge on any atom is 0.243 e. The summed E-state index contributed by atoms with van der Waals surface area (Å²) in [5, 5.41) is 0. The van der Waals surface area contributed by atoms with E-state index in [1.165, 1.54) is 0 Å². The molecule has 98 valence electrons. The van der Waals surface area contributed by atoms with E-state index in [1.807, 2.05) is 36.9 Å². The van der Waals surface area contributed by atoms with Crippen LogP contribution in [0.4, 0.5) is 11.4 Å². The number of hydrogen-bond acceptors (Lipinski definition) is 3. The molecule has 1 aromatic rings. The fraction of sp³-hybridized carbons (Fsp3) is 0.500. The first kappa shape index (κ1) is 13.3. The number of unbranched alkanes of at least 4 members (excludes halogenated alkanes) is 1. The zero-order chi connectivity index (χ0) is 13.3. The number of nitrogens with zero attached hydrogens (tertiary/aromatic N) is 1. The van der Waals surface area contributed by atoms with E-state index in [1.54, 1.807) is 11.8 Å². The van der Waals surface area contributed by atoms with Crippen molar-refractivity contribution in [3.05, 3.63) is 18.2 Å². The van der Waals surface area contributed by atoms with Crippen molar-refractivity contribution in [3.8, 4) is 0 Å². The standard InChI is InChI=1S/C14H20N2OS/c1-4-5-8-16-11-7-6-10(15)9-12(11)18-14(2,3)13(16)17/h6-7,9H,4-5,8,15H2,1-3H3. The molecule has 0 fully saturated rings. The van der Waals surface area contributed by atoms with Crippen LogP contribution in [-0.2, 0) is 4.79 Å². The summed E-state index contributed by atoms with van der Waals surface area (Å²) in [7, 11) is 0.